The molecular formula is C27H19ClN2S. The van der Waals surface area contributed by atoms with Gasteiger partial charge in [0.05, 0.1) is 11.4 Å². The minimum absolute atomic E-state index is 0.745. The van der Waals surface area contributed by atoms with Gasteiger partial charge < -0.3 is 4.40 Å². The van der Waals surface area contributed by atoms with Gasteiger partial charge in [-0.15, -0.1) is 0 Å². The lowest BCUT2D eigenvalue weighted by Crippen LogP contribution is -2.17. The number of benzene rings is 3. The fourth-order valence-corrected chi connectivity index (χ4v) is 5.46. The second kappa shape index (κ2) is 7.23. The Bertz CT molecular complexity index is 1390. The number of pyridine rings is 1. The highest BCUT2D eigenvalue weighted by molar-refractivity contribution is 7.99. The van der Waals surface area contributed by atoms with Crippen molar-refractivity contribution in [3.8, 4) is 11.1 Å². The number of halogens is 1. The number of para-hydroxylation sites is 2. The van der Waals surface area contributed by atoms with Crippen molar-refractivity contribution in [2.24, 2.45) is 0 Å². The first-order valence-electron chi connectivity index (χ1n) is 10.2. The Morgan fingerprint density at radius 2 is 1.39 bits per heavy atom. The van der Waals surface area contributed by atoms with Crippen LogP contribution < -0.4 is 4.90 Å². The molecule has 6 rings (SSSR count). The number of hydrogen-bond donors (Lipinski definition) is 0. The summed E-state index contributed by atoms with van der Waals surface area (Å²) < 4.78 is 2.29. The summed E-state index contributed by atoms with van der Waals surface area (Å²) in [6.45, 7) is 2.14. The maximum Gasteiger partial charge on any atom is 0.130 e. The van der Waals surface area contributed by atoms with Crippen LogP contribution in [0.1, 0.15) is 5.56 Å². The molecule has 0 atom stereocenters. The third-order valence-corrected chi connectivity index (χ3v) is 7.08. The van der Waals surface area contributed by atoms with E-state index in [9.17, 15) is 0 Å². The monoisotopic (exact) mass is 438 g/mol. The lowest BCUT2D eigenvalue weighted by Gasteiger charge is -2.33. The minimum Gasteiger partial charge on any atom is -0.302 e. The zero-order chi connectivity index (χ0) is 20.9. The largest absolute Gasteiger partial charge is 0.302 e. The third-order valence-electron chi connectivity index (χ3n) is 5.70. The summed E-state index contributed by atoms with van der Waals surface area (Å²) >= 11 is 8.03. The molecule has 0 saturated heterocycles. The molecule has 0 amide bonds. The highest BCUT2D eigenvalue weighted by Gasteiger charge is 2.28. The van der Waals surface area contributed by atoms with Crippen LogP contribution in [0.15, 0.2) is 107 Å². The number of rotatable bonds is 2. The fourth-order valence-electron chi connectivity index (χ4n) is 4.28. The van der Waals surface area contributed by atoms with Crippen LogP contribution in [0.2, 0.25) is 5.02 Å². The molecule has 31 heavy (non-hydrogen) atoms. The Labute approximate surface area is 190 Å². The van der Waals surface area contributed by atoms with Crippen molar-refractivity contribution >= 4 is 46.1 Å². The Hall–Kier alpha value is -3.14. The van der Waals surface area contributed by atoms with Crippen LogP contribution >= 0.6 is 23.4 Å². The van der Waals surface area contributed by atoms with Crippen molar-refractivity contribution in [2.75, 3.05) is 4.90 Å². The highest BCUT2D eigenvalue weighted by Crippen LogP contribution is 2.53. The quantitative estimate of drug-likeness (QED) is 0.267. The van der Waals surface area contributed by atoms with Crippen molar-refractivity contribution in [3.63, 3.8) is 0 Å². The summed E-state index contributed by atoms with van der Waals surface area (Å²) in [4.78, 5) is 4.91. The fraction of sp³-hybridized carbons (Fsp3) is 0.0370. The first kappa shape index (κ1) is 18.6. The molecule has 0 fully saturated rings. The molecule has 3 heterocycles. The summed E-state index contributed by atoms with van der Waals surface area (Å²) in [5.74, 6) is 1.14. The van der Waals surface area contributed by atoms with Gasteiger partial charge in [0.2, 0.25) is 0 Å². The molecule has 0 saturated carbocycles. The van der Waals surface area contributed by atoms with Gasteiger partial charge in [-0.25, -0.2) is 0 Å². The number of aryl methyl sites for hydroxylation is 1. The normalized spacial score (nSPS) is 12.6. The molecule has 1 aliphatic heterocycles. The number of hydrogen-bond acceptors (Lipinski definition) is 2. The standard InChI is InChI=1S/C27H19ClN2S/c1-18-14-15-29-21(16-18)17-22(19-10-12-20(28)13-11-19)27(29)30-23-6-2-4-8-25(23)31-26-9-5-3-7-24(26)30/h2-17H,1H3. The average molecular weight is 439 g/mol. The third kappa shape index (κ3) is 3.04. The number of nitrogens with zero attached hydrogens (tertiary/aromatic N) is 2. The summed E-state index contributed by atoms with van der Waals surface area (Å²) in [5, 5.41) is 0.745. The molecule has 0 unspecified atom stereocenters. The smallest absolute Gasteiger partial charge is 0.130 e. The summed E-state index contributed by atoms with van der Waals surface area (Å²) in [7, 11) is 0. The maximum atomic E-state index is 6.20. The van der Waals surface area contributed by atoms with Crippen molar-refractivity contribution < 1.29 is 0 Å². The summed E-state index contributed by atoms with van der Waals surface area (Å²) in [6, 6.07) is 32.1. The number of fused-ring (bicyclic) bond motifs is 3. The van der Waals surface area contributed by atoms with Gasteiger partial charge >= 0.3 is 0 Å². The van der Waals surface area contributed by atoms with Crippen LogP contribution in [0.25, 0.3) is 16.6 Å². The lowest BCUT2D eigenvalue weighted by molar-refractivity contribution is 1.08. The van der Waals surface area contributed by atoms with E-state index in [0.29, 0.717) is 0 Å². The molecule has 2 aromatic heterocycles. The van der Waals surface area contributed by atoms with E-state index >= 15 is 0 Å². The molecular weight excluding hydrogens is 420 g/mol. The molecule has 2 nitrogen and oxygen atoms in total. The summed E-state index contributed by atoms with van der Waals surface area (Å²) in [6.07, 6.45) is 2.17. The SMILES string of the molecule is Cc1ccn2c(N3c4ccccc4Sc4ccccc43)c(-c3ccc(Cl)cc3)cc2c1. The number of aromatic nitrogens is 1. The van der Waals surface area contributed by atoms with Crippen molar-refractivity contribution in [1.82, 2.24) is 4.40 Å². The molecule has 3 aromatic carbocycles. The zero-order valence-electron chi connectivity index (χ0n) is 16.9. The van der Waals surface area contributed by atoms with Crippen LogP contribution in [0.3, 0.4) is 0 Å². The summed E-state index contributed by atoms with van der Waals surface area (Å²) in [5.41, 5.74) is 7.14. The average Bonchev–Trinajstić information content (AvgIpc) is 3.16. The van der Waals surface area contributed by atoms with E-state index < -0.39 is 0 Å². The van der Waals surface area contributed by atoms with Gasteiger partial charge in [0.25, 0.3) is 0 Å². The van der Waals surface area contributed by atoms with Crippen LogP contribution in [0.4, 0.5) is 17.2 Å². The van der Waals surface area contributed by atoms with Crippen LogP contribution in [-0.2, 0) is 0 Å². The second-order valence-electron chi connectivity index (χ2n) is 7.76. The minimum atomic E-state index is 0.745. The van der Waals surface area contributed by atoms with Crippen molar-refractivity contribution in [2.45, 2.75) is 16.7 Å². The van der Waals surface area contributed by atoms with Crippen LogP contribution in [-0.4, -0.2) is 4.40 Å². The van der Waals surface area contributed by atoms with Gasteiger partial charge in [0.15, 0.2) is 0 Å². The Morgan fingerprint density at radius 3 is 2.06 bits per heavy atom. The lowest BCUT2D eigenvalue weighted by atomic mass is 10.1. The van der Waals surface area contributed by atoms with Gasteiger partial charge in [-0.2, -0.15) is 0 Å². The Morgan fingerprint density at radius 1 is 0.742 bits per heavy atom. The van der Waals surface area contributed by atoms with E-state index in [2.05, 4.69) is 101 Å². The number of anilines is 3. The predicted octanol–water partition coefficient (Wildman–Crippen LogP) is 8.50. The first-order chi connectivity index (χ1) is 15.2. The van der Waals surface area contributed by atoms with E-state index in [4.69, 9.17) is 11.6 Å². The van der Waals surface area contributed by atoms with Crippen molar-refractivity contribution in [1.29, 1.82) is 0 Å². The molecule has 5 aromatic rings. The molecule has 4 heteroatoms. The highest BCUT2D eigenvalue weighted by atomic mass is 35.5. The van der Waals surface area contributed by atoms with E-state index in [1.165, 1.54) is 37.8 Å². The Kier molecular flexibility index (Phi) is 4.34. The molecule has 1 aliphatic rings. The first-order valence-corrected chi connectivity index (χ1v) is 11.4. The van der Waals surface area contributed by atoms with E-state index in [1.54, 1.807) is 0 Å². The zero-order valence-corrected chi connectivity index (χ0v) is 18.5. The Balaban J connectivity index is 1.70. The van der Waals surface area contributed by atoms with E-state index in [1.807, 2.05) is 23.9 Å². The molecule has 0 bridgehead atoms. The van der Waals surface area contributed by atoms with Crippen molar-refractivity contribution in [3.05, 3.63) is 108 Å². The molecule has 150 valence electrons. The maximum absolute atomic E-state index is 6.20. The van der Waals surface area contributed by atoms with Gasteiger partial charge in [-0.1, -0.05) is 59.8 Å². The van der Waals surface area contributed by atoms with Gasteiger partial charge in [0.1, 0.15) is 5.82 Å². The molecule has 0 radical (unpaired) electrons. The van der Waals surface area contributed by atoms with Crippen LogP contribution in [0.5, 0.6) is 0 Å². The molecule has 0 spiro atoms. The van der Waals surface area contributed by atoms with Gasteiger partial charge in [-0.3, -0.25) is 4.90 Å². The van der Waals surface area contributed by atoms with Gasteiger partial charge in [0, 0.05) is 32.1 Å². The van der Waals surface area contributed by atoms with E-state index in [0.717, 1.165) is 16.4 Å². The molecule has 0 N–H and O–H groups in total. The topological polar surface area (TPSA) is 7.65 Å². The van der Waals surface area contributed by atoms with Crippen LogP contribution in [0, 0.1) is 6.92 Å². The van der Waals surface area contributed by atoms with Gasteiger partial charge in [-0.05, 0) is 72.6 Å². The molecule has 0 aliphatic carbocycles. The predicted molar refractivity (Wildman–Crippen MR) is 131 cm³/mol. The van der Waals surface area contributed by atoms with E-state index in [-0.39, 0.29) is 0 Å². The second-order valence-corrected chi connectivity index (χ2v) is 9.28.